The van der Waals surface area contributed by atoms with Gasteiger partial charge >= 0.3 is 0 Å². The second-order valence-electron chi connectivity index (χ2n) is 2.42. The normalized spacial score (nSPS) is 9.36. The van der Waals surface area contributed by atoms with Gasteiger partial charge in [-0.05, 0) is 0 Å². The molecule has 0 saturated heterocycles. The molecule has 0 aromatic carbocycles. The molecule has 4 heteroatoms. The largest absolute Gasteiger partial charge is 0.386 e. The maximum Gasteiger partial charge on any atom is 0.224 e. The molecule has 0 fully saturated rings. The minimum atomic E-state index is 0.726. The number of nitrogens with one attached hydrogen (secondary N) is 1. The van der Waals surface area contributed by atoms with Crippen molar-refractivity contribution in [2.24, 2.45) is 0 Å². The van der Waals surface area contributed by atoms with Crippen LogP contribution in [0.1, 0.15) is 0 Å². The number of rotatable bonds is 2. The quantitative estimate of drug-likeness (QED) is 0.673. The van der Waals surface area contributed by atoms with Crippen molar-refractivity contribution in [2.75, 3.05) is 31.4 Å². The first-order chi connectivity index (χ1) is 5.24. The Morgan fingerprint density at radius 2 is 1.82 bits per heavy atom. The van der Waals surface area contributed by atoms with Crippen LogP contribution in [-0.2, 0) is 0 Å². The second kappa shape index (κ2) is 3.18. The van der Waals surface area contributed by atoms with Crippen molar-refractivity contribution in [3.05, 3.63) is 12.4 Å². The number of hydrogen-bond acceptors (Lipinski definition) is 4. The zero-order valence-corrected chi connectivity index (χ0v) is 7.00. The molecule has 0 bridgehead atoms. The summed E-state index contributed by atoms with van der Waals surface area (Å²) in [5, 5.41) is 2.95. The fourth-order valence-corrected chi connectivity index (χ4v) is 0.681. The highest BCUT2D eigenvalue weighted by Crippen LogP contribution is 2.05. The third kappa shape index (κ3) is 1.80. The number of anilines is 2. The van der Waals surface area contributed by atoms with E-state index < -0.39 is 0 Å². The highest BCUT2D eigenvalue weighted by Gasteiger charge is 1.96. The molecule has 0 unspecified atom stereocenters. The van der Waals surface area contributed by atoms with Gasteiger partial charge in [-0.1, -0.05) is 0 Å². The first-order valence-corrected chi connectivity index (χ1v) is 3.41. The molecule has 60 valence electrons. The summed E-state index contributed by atoms with van der Waals surface area (Å²) in [6, 6.07) is 0. The minimum Gasteiger partial charge on any atom is -0.386 e. The average molecular weight is 152 g/mol. The van der Waals surface area contributed by atoms with Crippen LogP contribution in [0.3, 0.4) is 0 Å². The van der Waals surface area contributed by atoms with Crippen LogP contribution in [-0.4, -0.2) is 31.1 Å². The van der Waals surface area contributed by atoms with Crippen molar-refractivity contribution in [2.45, 2.75) is 0 Å². The van der Waals surface area contributed by atoms with Crippen LogP contribution >= 0.6 is 0 Å². The maximum atomic E-state index is 4.10. The molecule has 1 heterocycles. The van der Waals surface area contributed by atoms with Gasteiger partial charge in [0, 0.05) is 21.1 Å². The monoisotopic (exact) mass is 152 g/mol. The summed E-state index contributed by atoms with van der Waals surface area (Å²) in [6.45, 7) is 0. The standard InChI is InChI=1S/C7H12N4/c1-8-6-4-9-7(10-5-6)11(2)3/h4-5,8H,1-3H3. The van der Waals surface area contributed by atoms with E-state index in [9.17, 15) is 0 Å². The predicted octanol–water partition coefficient (Wildman–Crippen LogP) is 0.584. The summed E-state index contributed by atoms with van der Waals surface area (Å²) in [6.07, 6.45) is 3.50. The smallest absolute Gasteiger partial charge is 0.224 e. The Balaban J connectivity index is 2.83. The fraction of sp³-hybridized carbons (Fsp3) is 0.429. The van der Waals surface area contributed by atoms with E-state index in [-0.39, 0.29) is 0 Å². The van der Waals surface area contributed by atoms with Crippen LogP contribution in [0.5, 0.6) is 0 Å². The second-order valence-corrected chi connectivity index (χ2v) is 2.42. The molecule has 0 saturated carbocycles. The molecule has 1 N–H and O–H groups in total. The van der Waals surface area contributed by atoms with E-state index in [0.29, 0.717) is 0 Å². The number of hydrogen-bond donors (Lipinski definition) is 1. The highest BCUT2D eigenvalue weighted by molar-refractivity contribution is 5.40. The third-order valence-corrected chi connectivity index (χ3v) is 1.33. The van der Waals surface area contributed by atoms with E-state index in [2.05, 4.69) is 15.3 Å². The molecule has 0 amide bonds. The number of nitrogens with zero attached hydrogens (tertiary/aromatic N) is 3. The molecule has 0 aliphatic carbocycles. The van der Waals surface area contributed by atoms with Gasteiger partial charge in [-0.3, -0.25) is 0 Å². The van der Waals surface area contributed by atoms with Gasteiger partial charge in [0.2, 0.25) is 5.95 Å². The van der Waals surface area contributed by atoms with Crippen LogP contribution in [0.15, 0.2) is 12.4 Å². The topological polar surface area (TPSA) is 41.1 Å². The van der Waals surface area contributed by atoms with Crippen molar-refractivity contribution in [1.82, 2.24) is 9.97 Å². The first kappa shape index (κ1) is 7.78. The maximum absolute atomic E-state index is 4.10. The average Bonchev–Trinajstić information content (AvgIpc) is 2.05. The predicted molar refractivity (Wildman–Crippen MR) is 45.9 cm³/mol. The van der Waals surface area contributed by atoms with E-state index in [0.717, 1.165) is 11.6 Å². The Labute approximate surface area is 66.3 Å². The summed E-state index contributed by atoms with van der Waals surface area (Å²) < 4.78 is 0. The zero-order chi connectivity index (χ0) is 8.27. The Morgan fingerprint density at radius 1 is 1.27 bits per heavy atom. The SMILES string of the molecule is CNc1cnc(N(C)C)nc1. The van der Waals surface area contributed by atoms with Gasteiger partial charge in [-0.2, -0.15) is 0 Å². The van der Waals surface area contributed by atoms with Crippen molar-refractivity contribution in [1.29, 1.82) is 0 Å². The van der Waals surface area contributed by atoms with E-state index in [1.54, 1.807) is 12.4 Å². The molecule has 1 aromatic rings. The summed E-state index contributed by atoms with van der Waals surface area (Å²) in [5.74, 6) is 0.726. The molecule has 0 atom stereocenters. The van der Waals surface area contributed by atoms with Crippen LogP contribution in [0, 0.1) is 0 Å². The summed E-state index contributed by atoms with van der Waals surface area (Å²) in [7, 11) is 5.66. The Kier molecular flexibility index (Phi) is 2.25. The molecule has 0 spiro atoms. The molecule has 0 aliphatic heterocycles. The van der Waals surface area contributed by atoms with Gasteiger partial charge < -0.3 is 10.2 Å². The van der Waals surface area contributed by atoms with Crippen LogP contribution in [0.25, 0.3) is 0 Å². The fourth-order valence-electron chi connectivity index (χ4n) is 0.681. The Bertz CT molecular complexity index is 216. The van der Waals surface area contributed by atoms with Crippen LogP contribution in [0.4, 0.5) is 11.6 Å². The van der Waals surface area contributed by atoms with E-state index in [4.69, 9.17) is 0 Å². The minimum absolute atomic E-state index is 0.726. The third-order valence-electron chi connectivity index (χ3n) is 1.33. The van der Waals surface area contributed by atoms with Crippen molar-refractivity contribution >= 4 is 11.6 Å². The lowest BCUT2D eigenvalue weighted by atomic mass is 10.5. The summed E-state index contributed by atoms with van der Waals surface area (Å²) in [4.78, 5) is 10.1. The first-order valence-electron chi connectivity index (χ1n) is 3.41. The highest BCUT2D eigenvalue weighted by atomic mass is 15.2. The molecular formula is C7H12N4. The molecule has 11 heavy (non-hydrogen) atoms. The van der Waals surface area contributed by atoms with Gasteiger partial charge in [0.25, 0.3) is 0 Å². The zero-order valence-electron chi connectivity index (χ0n) is 7.00. The Morgan fingerprint density at radius 3 is 2.18 bits per heavy atom. The van der Waals surface area contributed by atoms with Crippen molar-refractivity contribution in [3.8, 4) is 0 Å². The molecule has 1 aromatic heterocycles. The molecular weight excluding hydrogens is 140 g/mol. The van der Waals surface area contributed by atoms with E-state index in [1.165, 1.54) is 0 Å². The van der Waals surface area contributed by atoms with Gasteiger partial charge in [-0.15, -0.1) is 0 Å². The van der Waals surface area contributed by atoms with Crippen LogP contribution < -0.4 is 10.2 Å². The lowest BCUT2D eigenvalue weighted by Gasteiger charge is -2.09. The molecule has 0 radical (unpaired) electrons. The molecule has 4 nitrogen and oxygen atoms in total. The summed E-state index contributed by atoms with van der Waals surface area (Å²) >= 11 is 0. The van der Waals surface area contributed by atoms with Gasteiger partial charge in [-0.25, -0.2) is 9.97 Å². The van der Waals surface area contributed by atoms with Crippen molar-refractivity contribution < 1.29 is 0 Å². The lowest BCUT2D eigenvalue weighted by molar-refractivity contribution is 0.999. The van der Waals surface area contributed by atoms with E-state index in [1.807, 2.05) is 26.0 Å². The van der Waals surface area contributed by atoms with Crippen LogP contribution in [0.2, 0.25) is 0 Å². The van der Waals surface area contributed by atoms with Gasteiger partial charge in [0.1, 0.15) is 0 Å². The summed E-state index contributed by atoms with van der Waals surface area (Å²) in [5.41, 5.74) is 0.926. The van der Waals surface area contributed by atoms with Gasteiger partial charge in [0.05, 0.1) is 18.1 Å². The van der Waals surface area contributed by atoms with Gasteiger partial charge in [0.15, 0.2) is 0 Å². The van der Waals surface area contributed by atoms with E-state index >= 15 is 0 Å². The number of aromatic nitrogens is 2. The molecule has 0 aliphatic rings. The van der Waals surface area contributed by atoms with Crippen molar-refractivity contribution in [3.63, 3.8) is 0 Å². The Hall–Kier alpha value is -1.32. The lowest BCUT2D eigenvalue weighted by Crippen LogP contribution is -2.12. The molecule has 1 rings (SSSR count).